The summed E-state index contributed by atoms with van der Waals surface area (Å²) in [7, 11) is 0. The van der Waals surface area contributed by atoms with Crippen LogP contribution >= 0.6 is 0 Å². The standard InChI is InChI=1S/C18H18F3NO2/c1-13-6-2-3-9-16(13)24-11-5-10-17(23)22-15-8-4-7-14(12-15)18(19,20)21/h2-4,6-9,12H,5,10-11H2,1H3,(H,22,23). The van der Waals surface area contributed by atoms with Crippen LogP contribution in [0.15, 0.2) is 48.5 Å². The number of rotatable bonds is 6. The first-order valence-corrected chi connectivity index (χ1v) is 7.52. The Morgan fingerprint density at radius 1 is 1.12 bits per heavy atom. The first kappa shape index (κ1) is 17.8. The topological polar surface area (TPSA) is 38.3 Å². The first-order valence-electron chi connectivity index (χ1n) is 7.52. The molecule has 0 saturated carbocycles. The van der Waals surface area contributed by atoms with Crippen molar-refractivity contribution in [3.8, 4) is 5.75 Å². The van der Waals surface area contributed by atoms with Crippen molar-refractivity contribution < 1.29 is 22.7 Å². The molecule has 6 heteroatoms. The van der Waals surface area contributed by atoms with E-state index >= 15 is 0 Å². The molecule has 3 nitrogen and oxygen atoms in total. The minimum absolute atomic E-state index is 0.134. The van der Waals surface area contributed by atoms with Gasteiger partial charge in [-0.25, -0.2) is 0 Å². The summed E-state index contributed by atoms with van der Waals surface area (Å²) in [6, 6.07) is 12.1. The van der Waals surface area contributed by atoms with Crippen LogP contribution in [0.5, 0.6) is 5.75 Å². The Morgan fingerprint density at radius 3 is 2.58 bits per heavy atom. The molecule has 0 saturated heterocycles. The maximum atomic E-state index is 12.6. The van der Waals surface area contributed by atoms with E-state index in [1.165, 1.54) is 12.1 Å². The Labute approximate surface area is 138 Å². The number of para-hydroxylation sites is 1. The molecule has 128 valence electrons. The molecule has 2 rings (SSSR count). The van der Waals surface area contributed by atoms with Crippen LogP contribution < -0.4 is 10.1 Å². The molecule has 0 fully saturated rings. The Morgan fingerprint density at radius 2 is 1.88 bits per heavy atom. The average Bonchev–Trinajstić information content (AvgIpc) is 2.52. The highest BCUT2D eigenvalue weighted by Gasteiger charge is 2.30. The number of alkyl halides is 3. The smallest absolute Gasteiger partial charge is 0.416 e. The molecule has 0 atom stereocenters. The molecule has 2 aromatic rings. The van der Waals surface area contributed by atoms with Crippen molar-refractivity contribution in [1.29, 1.82) is 0 Å². The lowest BCUT2D eigenvalue weighted by molar-refractivity contribution is -0.137. The van der Waals surface area contributed by atoms with E-state index in [4.69, 9.17) is 4.74 Å². The third kappa shape index (κ3) is 5.30. The van der Waals surface area contributed by atoms with Gasteiger partial charge in [0.2, 0.25) is 5.91 Å². The molecule has 0 aromatic heterocycles. The molecule has 0 heterocycles. The minimum atomic E-state index is -4.43. The van der Waals surface area contributed by atoms with Gasteiger partial charge in [-0.3, -0.25) is 4.79 Å². The van der Waals surface area contributed by atoms with E-state index in [9.17, 15) is 18.0 Å². The number of ether oxygens (including phenoxy) is 1. The van der Waals surface area contributed by atoms with Crippen molar-refractivity contribution in [2.24, 2.45) is 0 Å². The Bertz CT molecular complexity index is 699. The molecule has 0 radical (unpaired) electrons. The second kappa shape index (κ2) is 7.86. The number of aryl methyl sites for hydroxylation is 1. The molecular formula is C18H18F3NO2. The van der Waals surface area contributed by atoms with Gasteiger partial charge in [0.25, 0.3) is 0 Å². The summed E-state index contributed by atoms with van der Waals surface area (Å²) in [6.45, 7) is 2.29. The molecule has 0 aliphatic heterocycles. The van der Waals surface area contributed by atoms with Crippen LogP contribution in [0.1, 0.15) is 24.0 Å². The molecule has 0 bridgehead atoms. The molecule has 2 aromatic carbocycles. The number of halogens is 3. The fourth-order valence-electron chi connectivity index (χ4n) is 2.13. The van der Waals surface area contributed by atoms with Gasteiger partial charge in [0.05, 0.1) is 12.2 Å². The van der Waals surface area contributed by atoms with Gasteiger partial charge >= 0.3 is 6.18 Å². The van der Waals surface area contributed by atoms with Gasteiger partial charge in [-0.15, -0.1) is 0 Å². The summed E-state index contributed by atoms with van der Waals surface area (Å²) >= 11 is 0. The van der Waals surface area contributed by atoms with Crippen LogP contribution in [0, 0.1) is 6.92 Å². The zero-order chi connectivity index (χ0) is 17.6. The third-order valence-corrected chi connectivity index (χ3v) is 3.37. The Balaban J connectivity index is 1.79. The number of hydrogen-bond acceptors (Lipinski definition) is 2. The molecule has 24 heavy (non-hydrogen) atoms. The molecule has 0 spiro atoms. The number of anilines is 1. The van der Waals surface area contributed by atoms with E-state index in [0.717, 1.165) is 23.4 Å². The summed E-state index contributed by atoms with van der Waals surface area (Å²) in [5.41, 5.74) is 0.351. The van der Waals surface area contributed by atoms with Gasteiger partial charge in [-0.1, -0.05) is 24.3 Å². The van der Waals surface area contributed by atoms with E-state index in [0.29, 0.717) is 13.0 Å². The van der Waals surface area contributed by atoms with Crippen LogP contribution in [-0.4, -0.2) is 12.5 Å². The van der Waals surface area contributed by atoms with Crippen LogP contribution in [0.25, 0.3) is 0 Å². The highest BCUT2D eigenvalue weighted by Crippen LogP contribution is 2.30. The van der Waals surface area contributed by atoms with Gasteiger partial charge in [0.1, 0.15) is 5.75 Å². The van der Waals surface area contributed by atoms with E-state index in [1.54, 1.807) is 0 Å². The predicted molar refractivity (Wildman–Crippen MR) is 86.0 cm³/mol. The summed E-state index contributed by atoms with van der Waals surface area (Å²) < 4.78 is 43.4. The third-order valence-electron chi connectivity index (χ3n) is 3.37. The van der Waals surface area contributed by atoms with Crippen molar-refractivity contribution in [3.63, 3.8) is 0 Å². The van der Waals surface area contributed by atoms with E-state index in [-0.39, 0.29) is 18.0 Å². The number of nitrogens with one attached hydrogen (secondary N) is 1. The lowest BCUT2D eigenvalue weighted by Gasteiger charge is -2.10. The number of benzene rings is 2. The number of amides is 1. The zero-order valence-electron chi connectivity index (χ0n) is 13.2. The van der Waals surface area contributed by atoms with Crippen LogP contribution in [0.2, 0.25) is 0 Å². The van der Waals surface area contributed by atoms with Gasteiger partial charge in [0.15, 0.2) is 0 Å². The van der Waals surface area contributed by atoms with Gasteiger partial charge in [0, 0.05) is 12.1 Å². The largest absolute Gasteiger partial charge is 0.493 e. The molecule has 0 aliphatic rings. The van der Waals surface area contributed by atoms with Crippen LogP contribution in [-0.2, 0) is 11.0 Å². The van der Waals surface area contributed by atoms with Crippen molar-refractivity contribution >= 4 is 11.6 Å². The maximum Gasteiger partial charge on any atom is 0.416 e. The molecule has 0 unspecified atom stereocenters. The van der Waals surface area contributed by atoms with Crippen molar-refractivity contribution in [1.82, 2.24) is 0 Å². The highest BCUT2D eigenvalue weighted by molar-refractivity contribution is 5.90. The summed E-state index contributed by atoms with van der Waals surface area (Å²) in [5, 5.41) is 2.47. The summed E-state index contributed by atoms with van der Waals surface area (Å²) in [4.78, 5) is 11.8. The zero-order valence-corrected chi connectivity index (χ0v) is 13.2. The maximum absolute atomic E-state index is 12.6. The second-order valence-corrected chi connectivity index (χ2v) is 5.34. The van der Waals surface area contributed by atoms with Crippen molar-refractivity contribution in [3.05, 3.63) is 59.7 Å². The quantitative estimate of drug-likeness (QED) is 0.768. The van der Waals surface area contributed by atoms with Crippen LogP contribution in [0.3, 0.4) is 0 Å². The molecular weight excluding hydrogens is 319 g/mol. The lowest BCUT2D eigenvalue weighted by atomic mass is 10.2. The van der Waals surface area contributed by atoms with Crippen molar-refractivity contribution in [2.75, 3.05) is 11.9 Å². The summed E-state index contributed by atoms with van der Waals surface area (Å²) in [6.07, 6.45) is -3.79. The van der Waals surface area contributed by atoms with Gasteiger partial charge < -0.3 is 10.1 Å². The molecule has 1 amide bonds. The minimum Gasteiger partial charge on any atom is -0.493 e. The highest BCUT2D eigenvalue weighted by atomic mass is 19.4. The number of hydrogen-bond donors (Lipinski definition) is 1. The summed E-state index contributed by atoms with van der Waals surface area (Å²) in [5.74, 6) is 0.415. The molecule has 0 aliphatic carbocycles. The van der Waals surface area contributed by atoms with Crippen LogP contribution in [0.4, 0.5) is 18.9 Å². The fourth-order valence-corrected chi connectivity index (χ4v) is 2.13. The number of carbonyl (C=O) groups is 1. The van der Waals surface area contributed by atoms with Gasteiger partial charge in [-0.05, 0) is 43.2 Å². The Kier molecular flexibility index (Phi) is 5.84. The first-order chi connectivity index (χ1) is 11.4. The molecule has 1 N–H and O–H groups in total. The average molecular weight is 337 g/mol. The number of carbonyl (C=O) groups excluding carboxylic acids is 1. The van der Waals surface area contributed by atoms with E-state index in [1.807, 2.05) is 31.2 Å². The van der Waals surface area contributed by atoms with Gasteiger partial charge in [-0.2, -0.15) is 13.2 Å². The predicted octanol–water partition coefficient (Wildman–Crippen LogP) is 4.81. The normalized spacial score (nSPS) is 11.2. The lowest BCUT2D eigenvalue weighted by Crippen LogP contribution is -2.14. The second-order valence-electron chi connectivity index (χ2n) is 5.34. The fraction of sp³-hybridized carbons (Fsp3) is 0.278. The Hall–Kier alpha value is -2.50. The van der Waals surface area contributed by atoms with Crippen molar-refractivity contribution in [2.45, 2.75) is 25.9 Å². The van der Waals surface area contributed by atoms with E-state index < -0.39 is 11.7 Å². The SMILES string of the molecule is Cc1ccccc1OCCCC(=O)Nc1cccc(C(F)(F)F)c1. The van der Waals surface area contributed by atoms with E-state index in [2.05, 4.69) is 5.32 Å². The monoisotopic (exact) mass is 337 g/mol.